The maximum absolute atomic E-state index is 13.4. The lowest BCUT2D eigenvalue weighted by Crippen LogP contribution is -2.30. The predicted molar refractivity (Wildman–Crippen MR) is 89.8 cm³/mol. The van der Waals surface area contributed by atoms with E-state index in [-0.39, 0.29) is 0 Å². The van der Waals surface area contributed by atoms with E-state index in [0.29, 0.717) is 18.3 Å². The molecular weight excluding hydrogens is 298 g/mol. The Morgan fingerprint density at radius 3 is 2.86 bits per heavy atom. The molecule has 0 fully saturated rings. The van der Waals surface area contributed by atoms with E-state index in [2.05, 4.69) is 20.3 Å². The highest BCUT2D eigenvalue weighted by Crippen LogP contribution is 2.39. The van der Waals surface area contributed by atoms with Crippen LogP contribution in [0.3, 0.4) is 0 Å². The number of aromatic nitrogens is 3. The lowest BCUT2D eigenvalue weighted by molar-refractivity contribution is 0.674. The maximum Gasteiger partial charge on any atom is 0.225 e. The van der Waals surface area contributed by atoms with Crippen LogP contribution >= 0.6 is 0 Å². The molecule has 6 nitrogen and oxygen atoms in total. The van der Waals surface area contributed by atoms with Crippen molar-refractivity contribution >= 4 is 32.9 Å². The summed E-state index contributed by atoms with van der Waals surface area (Å²) in [6.45, 7) is 0.595. The van der Waals surface area contributed by atoms with Crippen molar-refractivity contribution in [2.75, 3.05) is 22.9 Å². The number of H-pyrrole nitrogens is 1. The van der Waals surface area contributed by atoms with Crippen molar-refractivity contribution in [3.8, 4) is 0 Å². The fourth-order valence-corrected chi connectivity index (χ4v) is 5.19. The zero-order chi connectivity index (χ0) is 15.3. The molecule has 0 spiro atoms. The van der Waals surface area contributed by atoms with E-state index >= 15 is 0 Å². The Morgan fingerprint density at radius 1 is 1.27 bits per heavy atom. The van der Waals surface area contributed by atoms with Crippen LogP contribution in [0.5, 0.6) is 0 Å². The summed E-state index contributed by atoms with van der Waals surface area (Å²) < 4.78 is 15.3. The van der Waals surface area contributed by atoms with E-state index in [1.54, 1.807) is 13.3 Å². The third-order valence-electron chi connectivity index (χ3n) is 4.07. The fraction of sp³-hybridized carbons (Fsp3) is 0.200. The number of aromatic amines is 1. The molecule has 114 valence electrons. The normalized spacial score (nSPS) is 17.5. The smallest absolute Gasteiger partial charge is 0.225 e. The summed E-state index contributed by atoms with van der Waals surface area (Å²) in [5.41, 5.74) is 2.72. The van der Waals surface area contributed by atoms with Crippen molar-refractivity contribution in [2.24, 2.45) is 0 Å². The van der Waals surface area contributed by atoms with Gasteiger partial charge < -0.3 is 10.3 Å². The van der Waals surface area contributed by atoms with Crippen LogP contribution in [0, 0.1) is 0 Å². The number of hydrogen-bond donors (Lipinski definition) is 3. The second kappa shape index (κ2) is 4.54. The Bertz CT molecular complexity index is 919. The first-order valence-electron chi connectivity index (χ1n) is 7.08. The summed E-state index contributed by atoms with van der Waals surface area (Å²) in [6, 6.07) is 9.78. The van der Waals surface area contributed by atoms with Crippen molar-refractivity contribution in [1.82, 2.24) is 15.0 Å². The van der Waals surface area contributed by atoms with Gasteiger partial charge in [0.25, 0.3) is 0 Å². The van der Waals surface area contributed by atoms with Gasteiger partial charge in [0.1, 0.15) is 5.52 Å². The topological polar surface area (TPSA) is 73.9 Å². The molecule has 22 heavy (non-hydrogen) atoms. The van der Waals surface area contributed by atoms with Crippen LogP contribution in [0.4, 0.5) is 11.8 Å². The molecule has 1 aromatic carbocycles. The molecule has 0 aliphatic carbocycles. The first kappa shape index (κ1) is 13.3. The van der Waals surface area contributed by atoms with Gasteiger partial charge in [0.15, 0.2) is 5.82 Å². The molecule has 0 saturated heterocycles. The van der Waals surface area contributed by atoms with Crippen LogP contribution in [-0.4, -0.2) is 32.5 Å². The molecule has 3 heterocycles. The summed E-state index contributed by atoms with van der Waals surface area (Å²) in [5.74, 6) is 1.21. The van der Waals surface area contributed by atoms with Gasteiger partial charge >= 0.3 is 0 Å². The first-order chi connectivity index (χ1) is 10.6. The Hall–Kier alpha value is -2.41. The average molecular weight is 315 g/mol. The van der Waals surface area contributed by atoms with E-state index in [0.717, 1.165) is 21.5 Å². The first-order valence-corrected chi connectivity index (χ1v) is 9.19. The van der Waals surface area contributed by atoms with Crippen molar-refractivity contribution in [3.05, 3.63) is 42.1 Å². The van der Waals surface area contributed by atoms with Crippen LogP contribution in [0.2, 0.25) is 0 Å². The Morgan fingerprint density at radius 2 is 2.09 bits per heavy atom. The minimum atomic E-state index is -2.68. The van der Waals surface area contributed by atoms with Gasteiger partial charge in [-0.3, -0.25) is 8.51 Å². The highest BCUT2D eigenvalue weighted by atomic mass is 32.3. The fourth-order valence-electron chi connectivity index (χ4n) is 2.96. The number of hydrogen-bond acceptors (Lipinski definition) is 4. The number of thiol groups is 1. The van der Waals surface area contributed by atoms with Crippen molar-refractivity contribution in [1.29, 1.82) is 0 Å². The Balaban J connectivity index is 1.94. The molecule has 0 atom stereocenters. The lowest BCUT2D eigenvalue weighted by atomic mass is 10.2. The van der Waals surface area contributed by atoms with E-state index in [1.807, 2.05) is 40.8 Å². The number of fused-ring (bicyclic) bond motifs is 2. The van der Waals surface area contributed by atoms with Crippen molar-refractivity contribution < 1.29 is 4.21 Å². The SMILES string of the molecule is CNc1nc(N2Cc3ccccc3[SH]2(C)=O)c2[nH]ccc2n1. The molecule has 2 N–H and O–H groups in total. The van der Waals surface area contributed by atoms with E-state index in [9.17, 15) is 4.21 Å². The second-order valence-electron chi connectivity index (χ2n) is 5.42. The molecule has 0 saturated carbocycles. The molecule has 1 aliphatic rings. The number of nitrogens with one attached hydrogen (secondary N) is 2. The largest absolute Gasteiger partial charge is 0.357 e. The van der Waals surface area contributed by atoms with Gasteiger partial charge in [-0.25, -0.2) is 4.98 Å². The molecule has 2 aromatic heterocycles. The minimum absolute atomic E-state index is 0.526. The van der Waals surface area contributed by atoms with Gasteiger partial charge in [-0.2, -0.15) is 4.98 Å². The molecule has 3 aromatic rings. The number of rotatable bonds is 2. The van der Waals surface area contributed by atoms with E-state index in [1.165, 1.54) is 0 Å². The number of nitrogens with zero attached hydrogens (tertiary/aromatic N) is 3. The second-order valence-corrected chi connectivity index (χ2v) is 8.15. The Labute approximate surface area is 129 Å². The average Bonchev–Trinajstić information content (AvgIpc) is 3.09. The summed E-state index contributed by atoms with van der Waals surface area (Å²) >= 11 is 0. The third-order valence-corrected chi connectivity index (χ3v) is 6.66. The molecule has 7 heteroatoms. The molecule has 1 aliphatic heterocycles. The highest BCUT2D eigenvalue weighted by Gasteiger charge is 2.33. The van der Waals surface area contributed by atoms with E-state index < -0.39 is 10.1 Å². The number of anilines is 2. The molecule has 0 unspecified atom stereocenters. The monoisotopic (exact) mass is 315 g/mol. The van der Waals surface area contributed by atoms with Gasteiger partial charge in [0, 0.05) is 24.4 Å². The molecule has 4 rings (SSSR count). The highest BCUT2D eigenvalue weighted by molar-refractivity contribution is 8.04. The maximum atomic E-state index is 13.4. The van der Waals surface area contributed by atoms with Crippen LogP contribution in [0.25, 0.3) is 11.0 Å². The predicted octanol–water partition coefficient (Wildman–Crippen LogP) is 1.94. The van der Waals surface area contributed by atoms with Crippen LogP contribution in [-0.2, 0) is 16.7 Å². The zero-order valence-electron chi connectivity index (χ0n) is 12.4. The summed E-state index contributed by atoms with van der Waals surface area (Å²) in [6.07, 6.45) is 3.63. The van der Waals surface area contributed by atoms with Gasteiger partial charge in [-0.1, -0.05) is 18.2 Å². The van der Waals surface area contributed by atoms with Gasteiger partial charge in [0.05, 0.1) is 12.1 Å². The minimum Gasteiger partial charge on any atom is -0.357 e. The summed E-state index contributed by atoms with van der Waals surface area (Å²) in [7, 11) is -0.901. The van der Waals surface area contributed by atoms with Crippen molar-refractivity contribution in [2.45, 2.75) is 11.4 Å². The standard InChI is InChI=1S/C15H17N5OS/c1-16-15-18-11-7-8-17-13(11)14(19-15)20-9-10-5-3-4-6-12(10)22(20,2)21/h3-8,17,22H,9H2,1-2H3,(H,16,18,19). The van der Waals surface area contributed by atoms with Crippen LogP contribution in [0.15, 0.2) is 41.4 Å². The van der Waals surface area contributed by atoms with Gasteiger partial charge in [0.2, 0.25) is 5.95 Å². The molecular formula is C15H17N5OS. The summed E-state index contributed by atoms with van der Waals surface area (Å²) in [5, 5.41) is 2.97. The zero-order valence-corrected chi connectivity index (χ0v) is 13.3. The van der Waals surface area contributed by atoms with Gasteiger partial charge in [-0.15, -0.1) is 0 Å². The molecule has 0 radical (unpaired) electrons. The Kier molecular flexibility index (Phi) is 2.74. The number of benzene rings is 1. The van der Waals surface area contributed by atoms with Crippen LogP contribution < -0.4 is 9.62 Å². The molecule has 0 amide bonds. The van der Waals surface area contributed by atoms with E-state index in [4.69, 9.17) is 0 Å². The van der Waals surface area contributed by atoms with Crippen molar-refractivity contribution in [3.63, 3.8) is 0 Å². The summed E-state index contributed by atoms with van der Waals surface area (Å²) in [4.78, 5) is 13.0. The van der Waals surface area contributed by atoms with Gasteiger partial charge in [-0.05, 0) is 27.8 Å². The lowest BCUT2D eigenvalue weighted by Gasteiger charge is -2.28. The quantitative estimate of drug-likeness (QED) is 0.632. The molecule has 0 bridgehead atoms. The third kappa shape index (κ3) is 1.75. The van der Waals surface area contributed by atoms with Crippen LogP contribution in [0.1, 0.15) is 5.56 Å².